The number of aromatic nitrogens is 1. The van der Waals surface area contributed by atoms with Crippen LogP contribution in [0, 0.1) is 17.0 Å². The van der Waals surface area contributed by atoms with Crippen LogP contribution in [0.2, 0.25) is 0 Å². The first-order chi connectivity index (χ1) is 13.8. The smallest absolute Gasteiger partial charge is 0.278 e. The van der Waals surface area contributed by atoms with Gasteiger partial charge in [-0.05, 0) is 42.0 Å². The van der Waals surface area contributed by atoms with E-state index in [1.54, 1.807) is 13.0 Å². The molecule has 4 N–H and O–H groups in total. The second kappa shape index (κ2) is 9.81. The Bertz CT molecular complexity index is 906. The molecule has 0 aliphatic carbocycles. The summed E-state index contributed by atoms with van der Waals surface area (Å²) in [5, 5.41) is 9.61. The van der Waals surface area contributed by atoms with Crippen molar-refractivity contribution in [3.63, 3.8) is 0 Å². The fourth-order valence-electron chi connectivity index (χ4n) is 2.81. The number of nitrogens with one attached hydrogen (secondary N) is 2. The van der Waals surface area contributed by atoms with E-state index in [-0.39, 0.29) is 23.6 Å². The predicted molar refractivity (Wildman–Crippen MR) is 105 cm³/mol. The molecule has 9 heteroatoms. The highest BCUT2D eigenvalue weighted by molar-refractivity contribution is 6.04. The van der Waals surface area contributed by atoms with Crippen molar-refractivity contribution >= 4 is 17.6 Å². The van der Waals surface area contributed by atoms with Crippen LogP contribution in [-0.4, -0.2) is 30.6 Å². The zero-order valence-corrected chi connectivity index (χ0v) is 16.5. The first kappa shape index (κ1) is 22.1. The lowest BCUT2D eigenvalue weighted by Gasteiger charge is -2.16. The summed E-state index contributed by atoms with van der Waals surface area (Å²) in [5.41, 5.74) is 6.16. The molecule has 0 unspecified atom stereocenters. The van der Waals surface area contributed by atoms with E-state index < -0.39 is 29.5 Å². The van der Waals surface area contributed by atoms with Gasteiger partial charge in [0.2, 0.25) is 0 Å². The molecule has 0 saturated carbocycles. The monoisotopic (exact) mass is 406 g/mol. The van der Waals surface area contributed by atoms with Gasteiger partial charge in [0.25, 0.3) is 11.9 Å². The summed E-state index contributed by atoms with van der Waals surface area (Å²) in [6.45, 7) is 3.64. The summed E-state index contributed by atoms with van der Waals surface area (Å²) in [6.07, 6.45) is 2.28. The number of methoxy groups -OCH3 is 1. The van der Waals surface area contributed by atoms with Gasteiger partial charge in [-0.1, -0.05) is 13.8 Å². The number of carbonyl (C=O) groups is 1. The fraction of sp³-hybridized carbons (Fsp3) is 0.350. The number of nitrogens with zero attached hydrogens (tertiary/aromatic N) is 1. The molecule has 1 aromatic carbocycles. The molecule has 0 bridgehead atoms. The van der Waals surface area contributed by atoms with Gasteiger partial charge < -0.3 is 20.5 Å². The van der Waals surface area contributed by atoms with E-state index in [4.69, 9.17) is 20.6 Å². The number of benzene rings is 1. The number of ether oxygens (including phenoxy) is 2. The summed E-state index contributed by atoms with van der Waals surface area (Å²) < 4.78 is 38.3. The van der Waals surface area contributed by atoms with Gasteiger partial charge in [0.1, 0.15) is 11.4 Å². The van der Waals surface area contributed by atoms with Gasteiger partial charge in [0.05, 0.1) is 19.9 Å². The Kier molecular flexibility index (Phi) is 7.46. The summed E-state index contributed by atoms with van der Waals surface area (Å²) in [7, 11) is 1.50. The van der Waals surface area contributed by atoms with Crippen molar-refractivity contribution in [1.29, 1.82) is 5.41 Å². The Morgan fingerprint density at radius 3 is 2.69 bits per heavy atom. The third-order valence-corrected chi connectivity index (χ3v) is 4.43. The van der Waals surface area contributed by atoms with Crippen LogP contribution in [0.4, 0.5) is 14.5 Å². The summed E-state index contributed by atoms with van der Waals surface area (Å²) in [4.78, 5) is 16.7. The number of nitrogens with two attached hydrogens (primary N) is 1. The van der Waals surface area contributed by atoms with Crippen molar-refractivity contribution in [2.75, 3.05) is 19.0 Å². The number of amidine groups is 1. The normalized spacial score (nSPS) is 11.6. The molecule has 7 nitrogen and oxygen atoms in total. The second-order valence-corrected chi connectivity index (χ2v) is 6.45. The lowest BCUT2D eigenvalue weighted by atomic mass is 9.96. The van der Waals surface area contributed by atoms with Gasteiger partial charge in [-0.2, -0.15) is 0 Å². The maximum absolute atomic E-state index is 14.3. The molecule has 0 aliphatic heterocycles. The maximum atomic E-state index is 14.3. The molecule has 0 saturated heterocycles. The SMILES string of the molecule is CCc1cc(OC)cnc1C(=O)Nc1cc(F)c(F)c([C@H](C)CCOC(=N)N)c1. The Hall–Kier alpha value is -3.23. The minimum atomic E-state index is -1.07. The number of amides is 1. The Morgan fingerprint density at radius 2 is 2.07 bits per heavy atom. The van der Waals surface area contributed by atoms with Crippen LogP contribution in [0.25, 0.3) is 0 Å². The van der Waals surface area contributed by atoms with Crippen molar-refractivity contribution < 1.29 is 23.0 Å². The maximum Gasteiger partial charge on any atom is 0.278 e. The van der Waals surface area contributed by atoms with Crippen molar-refractivity contribution in [3.8, 4) is 5.75 Å². The molecule has 1 amide bonds. The first-order valence-corrected chi connectivity index (χ1v) is 9.06. The Morgan fingerprint density at radius 1 is 1.34 bits per heavy atom. The first-order valence-electron chi connectivity index (χ1n) is 9.06. The molecule has 1 heterocycles. The van der Waals surface area contributed by atoms with Crippen LogP contribution in [-0.2, 0) is 11.2 Å². The number of aryl methyl sites for hydroxylation is 1. The topological polar surface area (TPSA) is 110 Å². The van der Waals surface area contributed by atoms with Crippen molar-refractivity contribution in [1.82, 2.24) is 4.98 Å². The molecule has 0 fully saturated rings. The summed E-state index contributed by atoms with van der Waals surface area (Å²) in [5.74, 6) is -2.50. The largest absolute Gasteiger partial charge is 0.495 e. The minimum Gasteiger partial charge on any atom is -0.495 e. The summed E-state index contributed by atoms with van der Waals surface area (Å²) in [6, 6.07) is 3.56. The van der Waals surface area contributed by atoms with E-state index in [0.717, 1.165) is 6.07 Å². The van der Waals surface area contributed by atoms with Gasteiger partial charge in [-0.25, -0.2) is 13.8 Å². The molecule has 29 heavy (non-hydrogen) atoms. The van der Waals surface area contributed by atoms with Crippen LogP contribution < -0.4 is 15.8 Å². The number of hydrogen-bond donors (Lipinski definition) is 3. The van der Waals surface area contributed by atoms with E-state index in [9.17, 15) is 13.6 Å². The molecule has 2 rings (SSSR count). The van der Waals surface area contributed by atoms with Crippen LogP contribution in [0.15, 0.2) is 24.4 Å². The number of hydrogen-bond acceptors (Lipinski definition) is 5. The van der Waals surface area contributed by atoms with E-state index >= 15 is 0 Å². The van der Waals surface area contributed by atoms with Crippen LogP contribution in [0.5, 0.6) is 5.75 Å². The Balaban J connectivity index is 2.24. The molecule has 0 aliphatic rings. The molecule has 1 atom stereocenters. The van der Waals surface area contributed by atoms with Crippen molar-refractivity contribution in [3.05, 3.63) is 52.9 Å². The molecule has 1 aromatic heterocycles. The molecular weight excluding hydrogens is 382 g/mol. The predicted octanol–water partition coefficient (Wildman–Crippen LogP) is 3.59. The molecule has 156 valence electrons. The van der Waals surface area contributed by atoms with Gasteiger partial charge in [-0.3, -0.25) is 10.2 Å². The zero-order valence-electron chi connectivity index (χ0n) is 16.5. The van der Waals surface area contributed by atoms with Crippen LogP contribution in [0.1, 0.15) is 47.8 Å². The van der Waals surface area contributed by atoms with E-state index in [1.165, 1.54) is 19.4 Å². The number of pyridine rings is 1. The number of halogens is 2. The molecular formula is C20H24F2N4O3. The number of anilines is 1. The third-order valence-electron chi connectivity index (χ3n) is 4.43. The third kappa shape index (κ3) is 5.63. The van der Waals surface area contributed by atoms with Crippen LogP contribution >= 0.6 is 0 Å². The van der Waals surface area contributed by atoms with Crippen LogP contribution in [0.3, 0.4) is 0 Å². The standard InChI is InChI=1S/C20H24F2N4O3/c1-4-12-7-14(28-3)10-25-18(12)19(27)26-13-8-15(17(22)16(21)9-13)11(2)5-6-29-20(23)24/h7-11H,4-6H2,1-3H3,(H3,23,24)(H,26,27)/t11-/m1/s1. The minimum absolute atomic E-state index is 0.0871. The van der Waals surface area contributed by atoms with E-state index in [0.29, 0.717) is 24.2 Å². The van der Waals surface area contributed by atoms with Crippen molar-refractivity contribution in [2.24, 2.45) is 5.73 Å². The molecule has 0 spiro atoms. The molecule has 2 aromatic rings. The number of carbonyl (C=O) groups excluding carboxylic acids is 1. The van der Waals surface area contributed by atoms with Crippen molar-refractivity contribution in [2.45, 2.75) is 32.6 Å². The summed E-state index contributed by atoms with van der Waals surface area (Å²) >= 11 is 0. The fourth-order valence-corrected chi connectivity index (χ4v) is 2.81. The lowest BCUT2D eigenvalue weighted by Crippen LogP contribution is -2.17. The average Bonchev–Trinajstić information content (AvgIpc) is 2.69. The van der Waals surface area contributed by atoms with Gasteiger partial charge in [0, 0.05) is 11.8 Å². The Labute approximate surface area is 167 Å². The number of rotatable bonds is 8. The highest BCUT2D eigenvalue weighted by atomic mass is 19.2. The highest BCUT2D eigenvalue weighted by Gasteiger charge is 2.19. The van der Waals surface area contributed by atoms with Gasteiger partial charge in [0.15, 0.2) is 11.6 Å². The zero-order chi connectivity index (χ0) is 21.6. The average molecular weight is 406 g/mol. The van der Waals surface area contributed by atoms with E-state index in [2.05, 4.69) is 10.3 Å². The lowest BCUT2D eigenvalue weighted by molar-refractivity contribution is 0.102. The molecule has 0 radical (unpaired) electrons. The highest BCUT2D eigenvalue weighted by Crippen LogP contribution is 2.28. The van der Waals surface area contributed by atoms with E-state index in [1.807, 2.05) is 6.92 Å². The quantitative estimate of drug-likeness (QED) is 0.458. The second-order valence-electron chi connectivity index (χ2n) is 6.45. The van der Waals surface area contributed by atoms with Gasteiger partial charge in [-0.15, -0.1) is 0 Å². The van der Waals surface area contributed by atoms with Gasteiger partial charge >= 0.3 is 0 Å².